The molecule has 0 atom stereocenters. The Kier molecular flexibility index (Phi) is 2.87. The number of thiocarbonyl (C=S) groups is 1. The number of rotatable bonds is 3. The molecule has 0 aromatic carbocycles. The van der Waals surface area contributed by atoms with Gasteiger partial charge in [0.15, 0.2) is 0 Å². The Morgan fingerprint density at radius 1 is 1.47 bits per heavy atom. The topological polar surface area (TPSA) is 68.0 Å². The zero-order valence-corrected chi connectivity index (χ0v) is 10.7. The molecule has 17 heavy (non-hydrogen) atoms. The zero-order chi connectivity index (χ0) is 12.6. The van der Waals surface area contributed by atoms with Crippen molar-refractivity contribution in [3.05, 3.63) is 23.4 Å². The summed E-state index contributed by atoms with van der Waals surface area (Å²) in [6.45, 7) is 3.86. The third-order valence-electron chi connectivity index (χ3n) is 3.00. The number of hydrogen-bond donors (Lipinski definition) is 2. The third-order valence-corrected chi connectivity index (χ3v) is 3.39. The van der Waals surface area contributed by atoms with Gasteiger partial charge in [-0.1, -0.05) is 12.2 Å². The fraction of sp³-hybridized carbons (Fsp3) is 0.417. The Hall–Kier alpha value is -1.49. The van der Waals surface area contributed by atoms with Gasteiger partial charge in [0.2, 0.25) is 5.91 Å². The van der Waals surface area contributed by atoms with Gasteiger partial charge in [0.1, 0.15) is 5.82 Å². The van der Waals surface area contributed by atoms with Gasteiger partial charge in [0, 0.05) is 5.69 Å². The fourth-order valence-electron chi connectivity index (χ4n) is 1.85. The maximum atomic E-state index is 12.0. The number of nitrogens with one attached hydrogen (secondary N) is 1. The maximum absolute atomic E-state index is 12.0. The van der Waals surface area contributed by atoms with Gasteiger partial charge >= 0.3 is 0 Å². The van der Waals surface area contributed by atoms with Crippen molar-refractivity contribution in [2.24, 2.45) is 11.1 Å². The van der Waals surface area contributed by atoms with E-state index in [2.05, 4.69) is 10.3 Å². The Morgan fingerprint density at radius 3 is 2.59 bits per heavy atom. The fourth-order valence-corrected chi connectivity index (χ4v) is 2.15. The van der Waals surface area contributed by atoms with Crippen LogP contribution in [0.3, 0.4) is 0 Å². The number of hydrogen-bond acceptors (Lipinski definition) is 3. The number of aromatic nitrogens is 1. The van der Waals surface area contributed by atoms with Crippen LogP contribution in [0.4, 0.5) is 5.82 Å². The largest absolute Gasteiger partial charge is 0.392 e. The molecule has 5 heteroatoms. The van der Waals surface area contributed by atoms with Crippen LogP contribution >= 0.6 is 12.2 Å². The van der Waals surface area contributed by atoms with Crippen molar-refractivity contribution in [1.82, 2.24) is 4.98 Å². The monoisotopic (exact) mass is 249 g/mol. The van der Waals surface area contributed by atoms with Gasteiger partial charge in [-0.05, 0) is 44.4 Å². The highest BCUT2D eigenvalue weighted by Gasteiger charge is 2.52. The lowest BCUT2D eigenvalue weighted by atomic mass is 10.1. The van der Waals surface area contributed by atoms with Gasteiger partial charge in [-0.15, -0.1) is 0 Å². The van der Waals surface area contributed by atoms with E-state index in [0.29, 0.717) is 5.82 Å². The third kappa shape index (κ3) is 2.29. The Morgan fingerprint density at radius 2 is 2.12 bits per heavy atom. The summed E-state index contributed by atoms with van der Waals surface area (Å²) in [5, 5.41) is 2.79. The first-order valence-electron chi connectivity index (χ1n) is 5.51. The molecule has 1 heterocycles. The average molecular weight is 249 g/mol. The summed E-state index contributed by atoms with van der Waals surface area (Å²) in [5.74, 6) is 0.428. The Balaban J connectivity index is 2.16. The molecule has 1 saturated carbocycles. The quantitative estimate of drug-likeness (QED) is 0.800. The minimum absolute atomic E-state index is 0.137. The predicted octanol–water partition coefficient (Wildman–Crippen LogP) is 1.70. The molecule has 0 spiro atoms. The molecule has 1 aromatic rings. The second-order valence-corrected chi connectivity index (χ2v) is 5.01. The first-order valence-corrected chi connectivity index (χ1v) is 5.91. The molecular formula is C12H15N3OS. The maximum Gasteiger partial charge on any atom is 0.238 e. The minimum atomic E-state index is -0.630. The van der Waals surface area contributed by atoms with E-state index in [1.54, 1.807) is 0 Å². The van der Waals surface area contributed by atoms with Crippen LogP contribution in [-0.2, 0) is 4.79 Å². The van der Waals surface area contributed by atoms with Gasteiger partial charge < -0.3 is 11.1 Å². The molecular weight excluding hydrogens is 234 g/mol. The summed E-state index contributed by atoms with van der Waals surface area (Å²) in [6.07, 6.45) is 1.47. The highest BCUT2D eigenvalue weighted by atomic mass is 32.1. The van der Waals surface area contributed by atoms with E-state index in [9.17, 15) is 4.79 Å². The molecule has 0 unspecified atom stereocenters. The van der Waals surface area contributed by atoms with Crippen LogP contribution in [-0.4, -0.2) is 15.9 Å². The standard InChI is InChI=1S/C12H15N3OS/c1-7-5-8(2)14-9(6-7)15-11(16)12(3-4-12)10(13)17/h5-6H,3-4H2,1-2H3,(H2,13,17)(H,14,15,16). The van der Waals surface area contributed by atoms with Gasteiger partial charge in [-0.3, -0.25) is 4.79 Å². The van der Waals surface area contributed by atoms with Gasteiger partial charge in [-0.2, -0.15) is 0 Å². The smallest absolute Gasteiger partial charge is 0.238 e. The molecule has 1 amide bonds. The second kappa shape index (κ2) is 4.07. The molecule has 1 aliphatic rings. The van der Waals surface area contributed by atoms with E-state index < -0.39 is 5.41 Å². The molecule has 0 radical (unpaired) electrons. The molecule has 3 N–H and O–H groups in total. The van der Waals surface area contributed by atoms with E-state index in [-0.39, 0.29) is 10.9 Å². The van der Waals surface area contributed by atoms with Crippen molar-refractivity contribution >= 4 is 28.9 Å². The summed E-state index contributed by atoms with van der Waals surface area (Å²) in [6, 6.07) is 3.79. The molecule has 0 bridgehead atoms. The SMILES string of the molecule is Cc1cc(C)nc(NC(=O)C2(C(N)=S)CC2)c1. The summed E-state index contributed by atoms with van der Waals surface area (Å²) >= 11 is 4.93. The van der Waals surface area contributed by atoms with Crippen LogP contribution in [0.2, 0.25) is 0 Å². The second-order valence-electron chi connectivity index (χ2n) is 4.57. The van der Waals surface area contributed by atoms with Crippen LogP contribution < -0.4 is 11.1 Å². The van der Waals surface area contributed by atoms with E-state index in [4.69, 9.17) is 18.0 Å². The number of carbonyl (C=O) groups is 1. The van der Waals surface area contributed by atoms with Gasteiger partial charge in [-0.25, -0.2) is 4.98 Å². The van der Waals surface area contributed by atoms with Crippen molar-refractivity contribution in [2.45, 2.75) is 26.7 Å². The lowest BCUT2D eigenvalue weighted by Crippen LogP contribution is -2.35. The van der Waals surface area contributed by atoms with Gasteiger partial charge in [0.25, 0.3) is 0 Å². The van der Waals surface area contributed by atoms with E-state index in [0.717, 1.165) is 24.1 Å². The summed E-state index contributed by atoms with van der Waals surface area (Å²) in [4.78, 5) is 16.6. The van der Waals surface area contributed by atoms with E-state index >= 15 is 0 Å². The van der Waals surface area contributed by atoms with Crippen molar-refractivity contribution in [1.29, 1.82) is 0 Å². The number of nitrogens with zero attached hydrogens (tertiary/aromatic N) is 1. The number of anilines is 1. The molecule has 0 saturated heterocycles. The molecule has 0 aliphatic heterocycles. The molecule has 4 nitrogen and oxygen atoms in total. The first-order chi connectivity index (χ1) is 7.94. The Labute approximate surface area is 106 Å². The van der Waals surface area contributed by atoms with Crippen LogP contribution in [0, 0.1) is 19.3 Å². The van der Waals surface area contributed by atoms with Crippen molar-refractivity contribution in [2.75, 3.05) is 5.32 Å². The predicted molar refractivity (Wildman–Crippen MR) is 70.8 cm³/mol. The number of carbonyl (C=O) groups excluding carboxylic acids is 1. The number of nitrogens with two attached hydrogens (primary N) is 1. The summed E-state index contributed by atoms with van der Waals surface area (Å²) in [5.41, 5.74) is 6.91. The number of pyridine rings is 1. The van der Waals surface area contributed by atoms with E-state index in [1.165, 1.54) is 0 Å². The lowest BCUT2D eigenvalue weighted by molar-refractivity contribution is -0.118. The normalized spacial score (nSPS) is 16.4. The minimum Gasteiger partial charge on any atom is -0.392 e. The van der Waals surface area contributed by atoms with Gasteiger partial charge in [0.05, 0.1) is 10.4 Å². The van der Waals surface area contributed by atoms with E-state index in [1.807, 2.05) is 26.0 Å². The molecule has 1 fully saturated rings. The van der Waals surface area contributed by atoms with Crippen molar-refractivity contribution in [3.63, 3.8) is 0 Å². The van der Waals surface area contributed by atoms with Crippen LogP contribution in [0.15, 0.2) is 12.1 Å². The number of amides is 1. The molecule has 1 aromatic heterocycles. The van der Waals surface area contributed by atoms with Crippen LogP contribution in [0.1, 0.15) is 24.1 Å². The molecule has 1 aliphatic carbocycles. The van der Waals surface area contributed by atoms with Crippen LogP contribution in [0.25, 0.3) is 0 Å². The molecule has 90 valence electrons. The zero-order valence-electron chi connectivity index (χ0n) is 9.91. The highest BCUT2D eigenvalue weighted by molar-refractivity contribution is 7.80. The van der Waals surface area contributed by atoms with Crippen LogP contribution in [0.5, 0.6) is 0 Å². The average Bonchev–Trinajstić information content (AvgIpc) is 2.95. The number of aryl methyl sites for hydroxylation is 2. The lowest BCUT2D eigenvalue weighted by Gasteiger charge is -2.13. The summed E-state index contributed by atoms with van der Waals surface area (Å²) < 4.78 is 0. The van der Waals surface area contributed by atoms with Crippen molar-refractivity contribution < 1.29 is 4.79 Å². The highest BCUT2D eigenvalue weighted by Crippen LogP contribution is 2.46. The first kappa shape index (κ1) is 12.0. The van der Waals surface area contributed by atoms with Crippen molar-refractivity contribution in [3.8, 4) is 0 Å². The molecule has 2 rings (SSSR count). The Bertz CT molecular complexity index is 474. The summed E-state index contributed by atoms with van der Waals surface area (Å²) in [7, 11) is 0.